The first-order valence-electron chi connectivity index (χ1n) is 7.63. The van der Waals surface area contributed by atoms with Gasteiger partial charge in [-0.2, -0.15) is 0 Å². The Morgan fingerprint density at radius 1 is 1.33 bits per heavy atom. The lowest BCUT2D eigenvalue weighted by molar-refractivity contribution is -0.151. The molecule has 1 amide bonds. The lowest BCUT2D eigenvalue weighted by atomic mass is 10.0. The highest BCUT2D eigenvalue weighted by Crippen LogP contribution is 2.24. The maximum absolute atomic E-state index is 11.6. The first-order valence-corrected chi connectivity index (χ1v) is 7.63. The number of nitrogens with one attached hydrogen (secondary N) is 1. The van der Waals surface area contributed by atoms with Crippen LogP contribution in [0.25, 0.3) is 0 Å². The molecule has 3 rings (SSSR count). The molecule has 0 saturated carbocycles. The van der Waals surface area contributed by atoms with E-state index in [0.717, 1.165) is 26.0 Å². The van der Waals surface area contributed by atoms with Crippen LogP contribution in [0.3, 0.4) is 0 Å². The Morgan fingerprint density at radius 3 is 2.79 bits per heavy atom. The van der Waals surface area contributed by atoms with E-state index in [4.69, 9.17) is 9.47 Å². The highest BCUT2D eigenvalue weighted by Gasteiger charge is 2.45. The third-order valence-corrected chi connectivity index (χ3v) is 4.30. The fraction of sp³-hybridized carbons (Fsp3) is 0.600. The molecule has 2 aliphatic rings. The minimum atomic E-state index is -0.473. The number of morpholine rings is 1. The molecule has 7 nitrogen and oxygen atoms in total. The molecule has 0 spiro atoms. The molecule has 1 N–H and O–H groups in total. The van der Waals surface area contributed by atoms with Crippen molar-refractivity contribution in [3.05, 3.63) is 24.5 Å². The summed E-state index contributed by atoms with van der Waals surface area (Å²) in [5.41, 5.74) is -0.473. The smallest absolute Gasteiger partial charge is 0.211 e. The third kappa shape index (κ3) is 4.49. The first-order chi connectivity index (χ1) is 10.8. The highest BCUT2D eigenvalue weighted by molar-refractivity contribution is 5.85. The number of hydrogen-bond donors (Lipinski definition) is 1. The molecule has 1 aromatic rings. The van der Waals surface area contributed by atoms with Gasteiger partial charge in [-0.25, -0.2) is 0 Å². The average Bonchev–Trinajstić information content (AvgIpc) is 2.62. The molecular weight excluding hydrogens is 355 g/mol. The van der Waals surface area contributed by atoms with E-state index in [1.165, 1.54) is 0 Å². The van der Waals surface area contributed by atoms with Gasteiger partial charge in [-0.3, -0.25) is 14.7 Å². The second kappa shape index (κ2) is 10.0. The van der Waals surface area contributed by atoms with Crippen LogP contribution in [0, 0.1) is 0 Å². The molecule has 1 aromatic heterocycles. The normalized spacial score (nSPS) is 24.4. The van der Waals surface area contributed by atoms with E-state index in [2.05, 4.69) is 15.2 Å². The van der Waals surface area contributed by atoms with Gasteiger partial charge in [-0.1, -0.05) is 0 Å². The standard InChI is InChI=1S/C15H22N4O3.2ClH/c20-13-19-5-4-17-11-15(19,18-6-8-21-9-7-18)12-22-14-2-1-3-16-10-14;;/h1-3,10,13,17H,4-9,11-12H2;2*1H. The monoisotopic (exact) mass is 378 g/mol. The van der Waals surface area contributed by atoms with Crippen LogP contribution in [0.2, 0.25) is 0 Å². The zero-order valence-corrected chi connectivity index (χ0v) is 15.1. The number of carbonyl (C=O) groups excluding carboxylic acids is 1. The molecule has 1 unspecified atom stereocenters. The van der Waals surface area contributed by atoms with Crippen molar-refractivity contribution >= 4 is 31.2 Å². The SMILES string of the molecule is Cl.Cl.O=CN1CCNCC1(COc1cccnc1)N1CCOCC1. The number of amides is 1. The quantitative estimate of drug-likeness (QED) is 0.747. The van der Waals surface area contributed by atoms with E-state index in [1.807, 2.05) is 17.0 Å². The molecule has 3 heterocycles. The number of rotatable bonds is 5. The summed E-state index contributed by atoms with van der Waals surface area (Å²) in [5.74, 6) is 0.714. The zero-order valence-electron chi connectivity index (χ0n) is 13.4. The van der Waals surface area contributed by atoms with Crippen LogP contribution in [0.15, 0.2) is 24.5 Å². The number of hydrogen-bond acceptors (Lipinski definition) is 6. The third-order valence-electron chi connectivity index (χ3n) is 4.30. The van der Waals surface area contributed by atoms with Crippen molar-refractivity contribution in [3.8, 4) is 5.75 Å². The Balaban J connectivity index is 0.00000144. The molecule has 2 fully saturated rings. The molecule has 2 aliphatic heterocycles. The van der Waals surface area contributed by atoms with Gasteiger partial charge in [0.1, 0.15) is 18.0 Å². The van der Waals surface area contributed by atoms with Crippen molar-refractivity contribution in [3.63, 3.8) is 0 Å². The summed E-state index contributed by atoms with van der Waals surface area (Å²) in [6.45, 7) is 5.53. The van der Waals surface area contributed by atoms with Crippen LogP contribution in [0.5, 0.6) is 5.75 Å². The van der Waals surface area contributed by atoms with E-state index in [1.54, 1.807) is 12.4 Å². The lowest BCUT2D eigenvalue weighted by Gasteiger charge is -2.52. The molecule has 0 radical (unpaired) electrons. The molecule has 9 heteroatoms. The summed E-state index contributed by atoms with van der Waals surface area (Å²) in [6.07, 6.45) is 4.34. The minimum Gasteiger partial charge on any atom is -0.488 e. The van der Waals surface area contributed by atoms with Crippen LogP contribution in [0.4, 0.5) is 0 Å². The van der Waals surface area contributed by atoms with Gasteiger partial charge in [0.15, 0.2) is 0 Å². The van der Waals surface area contributed by atoms with Crippen LogP contribution >= 0.6 is 24.8 Å². The van der Waals surface area contributed by atoms with Crippen LogP contribution in [0.1, 0.15) is 0 Å². The molecule has 1 atom stereocenters. The van der Waals surface area contributed by atoms with Crippen LogP contribution in [-0.4, -0.2) is 79.4 Å². The maximum Gasteiger partial charge on any atom is 0.211 e. The van der Waals surface area contributed by atoms with Gasteiger partial charge < -0.3 is 19.7 Å². The first kappa shape index (κ1) is 20.9. The molecule has 0 aliphatic carbocycles. The second-order valence-corrected chi connectivity index (χ2v) is 5.53. The van der Waals surface area contributed by atoms with Gasteiger partial charge in [0.25, 0.3) is 0 Å². The summed E-state index contributed by atoms with van der Waals surface area (Å²) in [7, 11) is 0. The molecule has 0 bridgehead atoms. The Kier molecular flexibility index (Phi) is 8.72. The van der Waals surface area contributed by atoms with Crippen molar-refractivity contribution in [1.82, 2.24) is 20.1 Å². The zero-order chi connectivity index (χ0) is 15.3. The van der Waals surface area contributed by atoms with Crippen molar-refractivity contribution in [1.29, 1.82) is 0 Å². The van der Waals surface area contributed by atoms with Gasteiger partial charge in [0.2, 0.25) is 6.41 Å². The molecule has 24 heavy (non-hydrogen) atoms. The van der Waals surface area contributed by atoms with Gasteiger partial charge in [-0.05, 0) is 12.1 Å². The average molecular weight is 379 g/mol. The summed E-state index contributed by atoms with van der Waals surface area (Å²) >= 11 is 0. The minimum absolute atomic E-state index is 0. The second-order valence-electron chi connectivity index (χ2n) is 5.53. The number of ether oxygens (including phenoxy) is 2. The van der Waals surface area contributed by atoms with Crippen molar-refractivity contribution in [2.75, 3.05) is 52.5 Å². The van der Waals surface area contributed by atoms with Crippen molar-refractivity contribution in [2.45, 2.75) is 5.66 Å². The van der Waals surface area contributed by atoms with Crippen LogP contribution in [-0.2, 0) is 9.53 Å². The van der Waals surface area contributed by atoms with E-state index < -0.39 is 5.66 Å². The topological polar surface area (TPSA) is 66.9 Å². The summed E-state index contributed by atoms with van der Waals surface area (Å²) in [6, 6.07) is 3.72. The van der Waals surface area contributed by atoms with Gasteiger partial charge in [0, 0.05) is 38.9 Å². The lowest BCUT2D eigenvalue weighted by Crippen LogP contribution is -2.73. The van der Waals surface area contributed by atoms with Gasteiger partial charge in [0.05, 0.1) is 19.4 Å². The van der Waals surface area contributed by atoms with Crippen molar-refractivity contribution in [2.24, 2.45) is 0 Å². The number of carbonyl (C=O) groups is 1. The fourth-order valence-electron chi connectivity index (χ4n) is 3.08. The molecule has 2 saturated heterocycles. The summed E-state index contributed by atoms with van der Waals surface area (Å²) < 4.78 is 11.4. The van der Waals surface area contributed by atoms with Gasteiger partial charge in [-0.15, -0.1) is 24.8 Å². The van der Waals surface area contributed by atoms with E-state index in [9.17, 15) is 4.79 Å². The molecule has 0 aromatic carbocycles. The summed E-state index contributed by atoms with van der Waals surface area (Å²) in [5, 5.41) is 3.39. The number of aromatic nitrogens is 1. The number of nitrogens with zero attached hydrogens (tertiary/aromatic N) is 3. The number of halogens is 2. The fourth-order valence-corrected chi connectivity index (χ4v) is 3.08. The Hall–Kier alpha value is -1.12. The number of piperazine rings is 1. The van der Waals surface area contributed by atoms with E-state index in [0.29, 0.717) is 38.7 Å². The van der Waals surface area contributed by atoms with E-state index >= 15 is 0 Å². The number of pyridine rings is 1. The Labute approximate surface area is 154 Å². The van der Waals surface area contributed by atoms with Crippen LogP contribution < -0.4 is 10.1 Å². The largest absolute Gasteiger partial charge is 0.488 e. The van der Waals surface area contributed by atoms with Gasteiger partial charge >= 0.3 is 0 Å². The molecular formula is C15H24Cl2N4O3. The predicted octanol–water partition coefficient (Wildman–Crippen LogP) is 0.394. The summed E-state index contributed by atoms with van der Waals surface area (Å²) in [4.78, 5) is 19.8. The van der Waals surface area contributed by atoms with E-state index in [-0.39, 0.29) is 24.8 Å². The maximum atomic E-state index is 11.6. The Morgan fingerprint density at radius 2 is 2.12 bits per heavy atom. The Bertz CT molecular complexity index is 491. The highest BCUT2D eigenvalue weighted by atomic mass is 35.5. The predicted molar refractivity (Wildman–Crippen MR) is 95.0 cm³/mol. The molecule has 136 valence electrons. The van der Waals surface area contributed by atoms with Crippen molar-refractivity contribution < 1.29 is 14.3 Å².